The number of furan rings is 1. The van der Waals surface area contributed by atoms with E-state index in [9.17, 15) is 14.5 Å². The van der Waals surface area contributed by atoms with E-state index >= 15 is 0 Å². The molecule has 20 heavy (non-hydrogen) atoms. The van der Waals surface area contributed by atoms with Gasteiger partial charge in [-0.1, -0.05) is 0 Å². The number of nitro benzene ring substituents is 1. The monoisotopic (exact) mass is 295 g/mol. The number of nitrogens with one attached hydrogen (secondary N) is 2. The first kappa shape index (κ1) is 13.9. The van der Waals surface area contributed by atoms with Gasteiger partial charge in [-0.2, -0.15) is 0 Å². The van der Waals surface area contributed by atoms with Crippen molar-refractivity contribution in [2.45, 2.75) is 6.54 Å². The van der Waals surface area contributed by atoms with E-state index in [0.29, 0.717) is 12.3 Å². The van der Waals surface area contributed by atoms with Gasteiger partial charge in [0, 0.05) is 12.1 Å². The summed E-state index contributed by atoms with van der Waals surface area (Å²) in [7, 11) is 0. The van der Waals surface area contributed by atoms with Crippen LogP contribution < -0.4 is 10.6 Å². The van der Waals surface area contributed by atoms with Crippen LogP contribution in [0, 0.1) is 15.9 Å². The largest absolute Gasteiger partial charge is 0.467 e. The Balaban J connectivity index is 2.00. The molecule has 0 unspecified atom stereocenters. The molecule has 2 rings (SSSR count). The van der Waals surface area contributed by atoms with E-state index in [1.165, 1.54) is 6.26 Å². The van der Waals surface area contributed by atoms with Crippen molar-refractivity contribution in [1.82, 2.24) is 5.32 Å². The molecule has 0 aliphatic rings. The van der Waals surface area contributed by atoms with Crippen molar-refractivity contribution in [3.63, 3.8) is 0 Å². The van der Waals surface area contributed by atoms with E-state index in [2.05, 4.69) is 10.6 Å². The molecule has 6 nitrogen and oxygen atoms in total. The van der Waals surface area contributed by atoms with E-state index < -0.39 is 10.7 Å². The molecule has 0 saturated carbocycles. The molecular weight excluding hydrogens is 285 g/mol. The molecule has 0 saturated heterocycles. The third-order valence-corrected chi connectivity index (χ3v) is 2.66. The van der Waals surface area contributed by atoms with Gasteiger partial charge in [0.25, 0.3) is 5.69 Å². The predicted octanol–water partition coefficient (Wildman–Crippen LogP) is 2.81. The molecule has 1 aromatic carbocycles. The Morgan fingerprint density at radius 1 is 1.45 bits per heavy atom. The lowest BCUT2D eigenvalue weighted by Gasteiger charge is -2.10. The summed E-state index contributed by atoms with van der Waals surface area (Å²) in [5.41, 5.74) is -0.279. The highest BCUT2D eigenvalue weighted by Crippen LogP contribution is 2.21. The van der Waals surface area contributed by atoms with Gasteiger partial charge in [-0.15, -0.1) is 0 Å². The van der Waals surface area contributed by atoms with Crippen molar-refractivity contribution in [1.29, 1.82) is 0 Å². The van der Waals surface area contributed by atoms with Crippen LogP contribution in [-0.4, -0.2) is 10.0 Å². The van der Waals surface area contributed by atoms with Crippen molar-refractivity contribution in [3.8, 4) is 0 Å². The zero-order valence-corrected chi connectivity index (χ0v) is 10.9. The number of thiocarbonyl (C=S) groups is 1. The molecular formula is C12H10FN3O3S. The van der Waals surface area contributed by atoms with E-state index in [4.69, 9.17) is 16.6 Å². The topological polar surface area (TPSA) is 80.3 Å². The van der Waals surface area contributed by atoms with Crippen LogP contribution in [0.3, 0.4) is 0 Å². The maximum atomic E-state index is 13.5. The van der Waals surface area contributed by atoms with Gasteiger partial charge in [0.2, 0.25) is 0 Å². The fraction of sp³-hybridized carbons (Fsp3) is 0.0833. The van der Waals surface area contributed by atoms with Crippen molar-refractivity contribution in [2.75, 3.05) is 5.32 Å². The normalized spacial score (nSPS) is 10.1. The van der Waals surface area contributed by atoms with Gasteiger partial charge in [0.05, 0.1) is 23.4 Å². The second-order valence-electron chi connectivity index (χ2n) is 3.81. The number of hydrogen-bond donors (Lipinski definition) is 2. The van der Waals surface area contributed by atoms with Crippen LogP contribution in [0.15, 0.2) is 41.0 Å². The summed E-state index contributed by atoms with van der Waals surface area (Å²) in [4.78, 5) is 10.0. The van der Waals surface area contributed by atoms with Crippen LogP contribution in [0.5, 0.6) is 0 Å². The van der Waals surface area contributed by atoms with Crippen molar-refractivity contribution in [2.24, 2.45) is 0 Å². The van der Waals surface area contributed by atoms with E-state index in [0.717, 1.165) is 18.2 Å². The quantitative estimate of drug-likeness (QED) is 0.513. The SMILES string of the molecule is O=[N+]([O-])c1ccc(F)c(NC(=S)NCc2ccco2)c1. The fourth-order valence-corrected chi connectivity index (χ4v) is 1.65. The van der Waals surface area contributed by atoms with Gasteiger partial charge in [0.15, 0.2) is 5.11 Å². The third-order valence-electron chi connectivity index (χ3n) is 2.41. The van der Waals surface area contributed by atoms with Gasteiger partial charge < -0.3 is 15.1 Å². The highest BCUT2D eigenvalue weighted by Gasteiger charge is 2.11. The number of benzene rings is 1. The van der Waals surface area contributed by atoms with Crippen molar-refractivity contribution in [3.05, 3.63) is 58.3 Å². The minimum absolute atomic E-state index is 0.0591. The maximum Gasteiger partial charge on any atom is 0.271 e. The van der Waals surface area contributed by atoms with Gasteiger partial charge in [0.1, 0.15) is 11.6 Å². The summed E-state index contributed by atoms with van der Waals surface area (Å²) >= 11 is 4.98. The van der Waals surface area contributed by atoms with Gasteiger partial charge in [-0.3, -0.25) is 10.1 Å². The number of halogens is 1. The average Bonchev–Trinajstić information content (AvgIpc) is 2.92. The second-order valence-corrected chi connectivity index (χ2v) is 4.22. The van der Waals surface area contributed by atoms with Crippen molar-refractivity contribution >= 4 is 28.7 Å². The van der Waals surface area contributed by atoms with Crippen LogP contribution >= 0.6 is 12.2 Å². The fourth-order valence-electron chi connectivity index (χ4n) is 1.47. The maximum absolute atomic E-state index is 13.5. The van der Waals surface area contributed by atoms with Gasteiger partial charge >= 0.3 is 0 Å². The number of nitrogens with zero attached hydrogens (tertiary/aromatic N) is 1. The highest BCUT2D eigenvalue weighted by atomic mass is 32.1. The predicted molar refractivity (Wildman–Crippen MR) is 74.8 cm³/mol. The number of rotatable bonds is 4. The molecule has 0 spiro atoms. The smallest absolute Gasteiger partial charge is 0.271 e. The lowest BCUT2D eigenvalue weighted by molar-refractivity contribution is -0.384. The number of non-ortho nitro benzene ring substituents is 1. The molecule has 0 aliphatic carbocycles. The van der Waals surface area contributed by atoms with Crippen LogP contribution in [0.4, 0.5) is 15.8 Å². The molecule has 0 amide bonds. The first-order valence-electron chi connectivity index (χ1n) is 5.57. The zero-order valence-electron chi connectivity index (χ0n) is 10.1. The summed E-state index contributed by atoms with van der Waals surface area (Å²) in [6.07, 6.45) is 1.52. The number of hydrogen-bond acceptors (Lipinski definition) is 4. The summed E-state index contributed by atoms with van der Waals surface area (Å²) in [5, 5.41) is 16.1. The van der Waals surface area contributed by atoms with Gasteiger partial charge in [-0.05, 0) is 30.4 Å². The first-order valence-corrected chi connectivity index (χ1v) is 5.98. The molecule has 1 aromatic heterocycles. The minimum atomic E-state index is -0.627. The van der Waals surface area contributed by atoms with Crippen LogP contribution in [0.25, 0.3) is 0 Å². The minimum Gasteiger partial charge on any atom is -0.467 e. The van der Waals surface area contributed by atoms with Crippen LogP contribution in [0.2, 0.25) is 0 Å². The zero-order chi connectivity index (χ0) is 14.5. The van der Waals surface area contributed by atoms with Crippen LogP contribution in [0.1, 0.15) is 5.76 Å². The summed E-state index contributed by atoms with van der Waals surface area (Å²) in [5.74, 6) is 0.0337. The molecule has 2 N–H and O–H groups in total. The van der Waals surface area contributed by atoms with E-state index in [1.54, 1.807) is 12.1 Å². The third kappa shape index (κ3) is 3.51. The Morgan fingerprint density at radius 2 is 2.25 bits per heavy atom. The Kier molecular flexibility index (Phi) is 4.26. The van der Waals surface area contributed by atoms with Gasteiger partial charge in [-0.25, -0.2) is 4.39 Å². The first-order chi connectivity index (χ1) is 9.56. The average molecular weight is 295 g/mol. The van der Waals surface area contributed by atoms with Crippen LogP contribution in [-0.2, 0) is 6.54 Å². The molecule has 0 fully saturated rings. The summed E-state index contributed by atoms with van der Waals surface area (Å²) < 4.78 is 18.6. The van der Waals surface area contributed by atoms with Crippen molar-refractivity contribution < 1.29 is 13.7 Å². The second kappa shape index (κ2) is 6.11. The molecule has 104 valence electrons. The number of anilines is 1. The molecule has 2 aromatic rings. The summed E-state index contributed by atoms with van der Waals surface area (Å²) in [6, 6.07) is 6.66. The standard InChI is InChI=1S/C12H10FN3O3S/c13-10-4-3-8(16(17)18)6-11(10)15-12(20)14-7-9-2-1-5-19-9/h1-6H,7H2,(H2,14,15,20). The molecule has 1 heterocycles. The molecule has 0 atom stereocenters. The lowest BCUT2D eigenvalue weighted by atomic mass is 10.2. The lowest BCUT2D eigenvalue weighted by Crippen LogP contribution is -2.28. The van der Waals surface area contributed by atoms with E-state index in [1.807, 2.05) is 0 Å². The Labute approximate surface area is 118 Å². The Morgan fingerprint density at radius 3 is 2.90 bits per heavy atom. The highest BCUT2D eigenvalue weighted by molar-refractivity contribution is 7.80. The Hall–Kier alpha value is -2.48. The molecule has 0 aliphatic heterocycles. The Bertz CT molecular complexity index is 631. The molecule has 8 heteroatoms. The molecule has 0 radical (unpaired) electrons. The number of nitro groups is 1. The van der Waals surface area contributed by atoms with E-state index in [-0.39, 0.29) is 16.5 Å². The molecule has 0 bridgehead atoms. The summed E-state index contributed by atoms with van der Waals surface area (Å²) in [6.45, 7) is 0.329.